The molecule has 0 saturated carbocycles. The average molecular weight is 279 g/mol. The average Bonchev–Trinajstić information content (AvgIpc) is 2.43. The summed E-state index contributed by atoms with van der Waals surface area (Å²) in [5.74, 6) is 0.0615. The summed E-state index contributed by atoms with van der Waals surface area (Å²) in [6.45, 7) is 2.56. The van der Waals surface area contributed by atoms with E-state index in [2.05, 4.69) is 5.32 Å². The minimum Gasteiger partial charge on any atom is -0.349 e. The van der Waals surface area contributed by atoms with Crippen molar-refractivity contribution in [3.63, 3.8) is 0 Å². The smallest absolute Gasteiger partial charge is 0.269 e. The van der Waals surface area contributed by atoms with E-state index in [0.29, 0.717) is 13.0 Å². The Labute approximate surface area is 118 Å². The third kappa shape index (κ3) is 4.62. The summed E-state index contributed by atoms with van der Waals surface area (Å²) in [7, 11) is 3.44. The first-order valence-corrected chi connectivity index (χ1v) is 6.63. The summed E-state index contributed by atoms with van der Waals surface area (Å²) in [5.41, 5.74) is 0.964. The number of carbonyl (C=O) groups excluding carboxylic acids is 1. The van der Waals surface area contributed by atoms with Crippen molar-refractivity contribution < 1.29 is 9.72 Å². The Morgan fingerprint density at radius 3 is 2.70 bits per heavy atom. The van der Waals surface area contributed by atoms with Crippen molar-refractivity contribution in [2.75, 3.05) is 20.6 Å². The number of nitro benzene ring substituents is 1. The lowest BCUT2D eigenvalue weighted by Gasteiger charge is -2.18. The summed E-state index contributed by atoms with van der Waals surface area (Å²) in [4.78, 5) is 23.4. The number of hydrogen-bond donors (Lipinski definition) is 1. The van der Waals surface area contributed by atoms with Gasteiger partial charge in [-0.1, -0.05) is 19.1 Å². The van der Waals surface area contributed by atoms with Crippen LogP contribution in [0.15, 0.2) is 24.3 Å². The molecule has 0 spiro atoms. The number of rotatable bonds is 7. The van der Waals surface area contributed by atoms with E-state index in [1.165, 1.54) is 6.07 Å². The number of nitro groups is 1. The van der Waals surface area contributed by atoms with Crippen molar-refractivity contribution in [2.45, 2.75) is 25.8 Å². The van der Waals surface area contributed by atoms with Crippen LogP contribution in [0.1, 0.15) is 31.4 Å². The third-order valence-corrected chi connectivity index (χ3v) is 3.12. The minimum atomic E-state index is -0.397. The second kappa shape index (κ2) is 7.59. The molecule has 110 valence electrons. The maximum atomic E-state index is 11.5. The van der Waals surface area contributed by atoms with Gasteiger partial charge in [0.1, 0.15) is 0 Å². The van der Waals surface area contributed by atoms with Crippen molar-refractivity contribution in [1.82, 2.24) is 10.2 Å². The molecule has 0 aliphatic rings. The van der Waals surface area contributed by atoms with Crippen LogP contribution in [0.3, 0.4) is 0 Å². The summed E-state index contributed by atoms with van der Waals surface area (Å²) >= 11 is 0. The highest BCUT2D eigenvalue weighted by Crippen LogP contribution is 2.21. The Kier molecular flexibility index (Phi) is 6.11. The maximum absolute atomic E-state index is 11.5. The van der Waals surface area contributed by atoms with Crippen molar-refractivity contribution in [3.8, 4) is 0 Å². The van der Waals surface area contributed by atoms with Gasteiger partial charge in [0.25, 0.3) is 5.69 Å². The van der Waals surface area contributed by atoms with Crippen molar-refractivity contribution in [2.24, 2.45) is 0 Å². The molecule has 1 aromatic carbocycles. The lowest BCUT2D eigenvalue weighted by atomic mass is 10.0. The Morgan fingerprint density at radius 1 is 1.45 bits per heavy atom. The van der Waals surface area contributed by atoms with Crippen LogP contribution < -0.4 is 5.32 Å². The highest BCUT2D eigenvalue weighted by molar-refractivity contribution is 5.75. The van der Waals surface area contributed by atoms with Crippen LogP contribution in [0.4, 0.5) is 5.69 Å². The highest BCUT2D eigenvalue weighted by atomic mass is 16.6. The molecule has 0 aromatic heterocycles. The molecule has 0 heterocycles. The van der Waals surface area contributed by atoms with E-state index >= 15 is 0 Å². The van der Waals surface area contributed by atoms with Gasteiger partial charge in [-0.25, -0.2) is 0 Å². The lowest BCUT2D eigenvalue weighted by Crippen LogP contribution is -2.28. The number of hydrogen-bond acceptors (Lipinski definition) is 4. The second-order valence-corrected chi connectivity index (χ2v) is 4.81. The molecule has 1 unspecified atom stereocenters. The molecule has 0 aliphatic heterocycles. The van der Waals surface area contributed by atoms with Crippen molar-refractivity contribution >= 4 is 11.6 Å². The zero-order valence-electron chi connectivity index (χ0n) is 12.1. The molecule has 6 nitrogen and oxygen atoms in total. The van der Waals surface area contributed by atoms with E-state index in [4.69, 9.17) is 0 Å². The van der Waals surface area contributed by atoms with Gasteiger partial charge in [-0.2, -0.15) is 0 Å². The highest BCUT2D eigenvalue weighted by Gasteiger charge is 2.13. The van der Waals surface area contributed by atoms with Crippen LogP contribution in [0, 0.1) is 10.1 Å². The van der Waals surface area contributed by atoms with Crippen LogP contribution in [-0.2, 0) is 4.79 Å². The van der Waals surface area contributed by atoms with Crippen LogP contribution in [0.25, 0.3) is 0 Å². The Balaban J connectivity index is 2.64. The fourth-order valence-electron chi connectivity index (χ4n) is 1.93. The molecule has 1 amide bonds. The number of amides is 1. The molecule has 1 aromatic rings. The molecule has 20 heavy (non-hydrogen) atoms. The Bertz CT molecular complexity index is 474. The predicted octanol–water partition coefficient (Wildman–Crippen LogP) is 2.11. The van der Waals surface area contributed by atoms with Gasteiger partial charge < -0.3 is 10.2 Å². The van der Waals surface area contributed by atoms with Crippen molar-refractivity contribution in [3.05, 3.63) is 39.9 Å². The van der Waals surface area contributed by atoms with E-state index < -0.39 is 4.92 Å². The fraction of sp³-hybridized carbons (Fsp3) is 0.500. The van der Waals surface area contributed by atoms with Gasteiger partial charge in [-0.15, -0.1) is 0 Å². The van der Waals surface area contributed by atoms with E-state index in [-0.39, 0.29) is 17.6 Å². The SMILES string of the molecule is CCC(NCCC(=O)N(C)C)c1cccc([N+](=O)[O-])c1. The number of benzene rings is 1. The van der Waals surface area contributed by atoms with Gasteiger partial charge in [0.15, 0.2) is 0 Å². The molecular weight excluding hydrogens is 258 g/mol. The monoisotopic (exact) mass is 279 g/mol. The first-order chi connectivity index (χ1) is 9.45. The van der Waals surface area contributed by atoms with Gasteiger partial charge >= 0.3 is 0 Å². The molecular formula is C14H21N3O3. The standard InChI is InChI=1S/C14H21N3O3/c1-4-13(15-9-8-14(18)16(2)3)11-6-5-7-12(10-11)17(19)20/h5-7,10,13,15H,4,8-9H2,1-3H3. The summed E-state index contributed by atoms with van der Waals surface area (Å²) in [6, 6.07) is 6.62. The topological polar surface area (TPSA) is 75.5 Å². The first kappa shape index (κ1) is 16.1. The number of nitrogens with zero attached hydrogens (tertiary/aromatic N) is 2. The fourth-order valence-corrected chi connectivity index (χ4v) is 1.93. The van der Waals surface area contributed by atoms with Crippen LogP contribution in [0.2, 0.25) is 0 Å². The molecule has 1 rings (SSSR count). The van der Waals surface area contributed by atoms with Crippen LogP contribution in [0.5, 0.6) is 0 Å². The van der Waals surface area contributed by atoms with Gasteiger partial charge in [0.05, 0.1) is 4.92 Å². The van der Waals surface area contributed by atoms with Gasteiger partial charge in [-0.05, 0) is 12.0 Å². The zero-order valence-corrected chi connectivity index (χ0v) is 12.1. The van der Waals surface area contributed by atoms with Crippen molar-refractivity contribution in [1.29, 1.82) is 0 Å². The molecule has 0 radical (unpaired) electrons. The summed E-state index contributed by atoms with van der Waals surface area (Å²) in [6.07, 6.45) is 1.22. The molecule has 0 fully saturated rings. The lowest BCUT2D eigenvalue weighted by molar-refractivity contribution is -0.384. The summed E-state index contributed by atoms with van der Waals surface area (Å²) in [5, 5.41) is 14.0. The van der Waals surface area contributed by atoms with E-state index in [1.807, 2.05) is 13.0 Å². The minimum absolute atomic E-state index is 0.0184. The normalized spacial score (nSPS) is 11.9. The number of non-ortho nitro benzene ring substituents is 1. The maximum Gasteiger partial charge on any atom is 0.269 e. The van der Waals surface area contributed by atoms with Gasteiger partial charge in [-0.3, -0.25) is 14.9 Å². The van der Waals surface area contributed by atoms with Gasteiger partial charge in [0, 0.05) is 45.2 Å². The van der Waals surface area contributed by atoms with Crippen LogP contribution in [-0.4, -0.2) is 36.4 Å². The van der Waals surface area contributed by atoms with E-state index in [0.717, 1.165) is 12.0 Å². The number of nitrogens with one attached hydrogen (secondary N) is 1. The van der Waals surface area contributed by atoms with E-state index in [9.17, 15) is 14.9 Å². The summed E-state index contributed by atoms with van der Waals surface area (Å²) < 4.78 is 0. The molecule has 6 heteroatoms. The molecule has 0 bridgehead atoms. The largest absolute Gasteiger partial charge is 0.349 e. The zero-order chi connectivity index (χ0) is 15.1. The number of carbonyl (C=O) groups is 1. The Hall–Kier alpha value is -1.95. The Morgan fingerprint density at radius 2 is 2.15 bits per heavy atom. The quantitative estimate of drug-likeness (QED) is 0.612. The molecule has 0 aliphatic carbocycles. The molecule has 0 saturated heterocycles. The first-order valence-electron chi connectivity index (χ1n) is 6.63. The third-order valence-electron chi connectivity index (χ3n) is 3.12. The van der Waals surface area contributed by atoms with E-state index in [1.54, 1.807) is 31.1 Å². The predicted molar refractivity (Wildman–Crippen MR) is 77.4 cm³/mol. The van der Waals surface area contributed by atoms with Gasteiger partial charge in [0.2, 0.25) is 5.91 Å². The molecule has 1 atom stereocenters. The second-order valence-electron chi connectivity index (χ2n) is 4.81. The van der Waals surface area contributed by atoms with Crippen LogP contribution >= 0.6 is 0 Å². The molecule has 1 N–H and O–H groups in total.